The Morgan fingerprint density at radius 3 is 2.52 bits per heavy atom. The summed E-state index contributed by atoms with van der Waals surface area (Å²) in [6.45, 7) is -0.288. The van der Waals surface area contributed by atoms with Gasteiger partial charge >= 0.3 is 0 Å². The molecule has 0 saturated heterocycles. The zero-order chi connectivity index (χ0) is 22.8. The quantitative estimate of drug-likeness (QED) is 0.366. The summed E-state index contributed by atoms with van der Waals surface area (Å²) in [5, 5.41) is 19.1. The van der Waals surface area contributed by atoms with Crippen molar-refractivity contribution in [2.45, 2.75) is 12.5 Å². The Bertz CT molecular complexity index is 955. The van der Waals surface area contributed by atoms with Crippen molar-refractivity contribution in [2.75, 3.05) is 23.9 Å². The second-order valence-corrected chi connectivity index (χ2v) is 7.81. The smallest absolute Gasteiger partial charge is 0.270 e. The van der Waals surface area contributed by atoms with E-state index in [4.69, 9.17) is 11.6 Å². The van der Waals surface area contributed by atoms with E-state index in [9.17, 15) is 24.5 Å². The standard InChI is InChI=1S/C20H21ClN4O5S/c1-31-10-9-17(24-19(27)13-3-2-4-16(11-13)25(29)30)20(28)22-12-18(26)23-15-7-5-14(21)6-8-15/h2-8,11,17H,9-10,12H2,1H3,(H,22,28)(H,23,26)(H,24,27). The van der Waals surface area contributed by atoms with Crippen LogP contribution in [0.4, 0.5) is 11.4 Å². The minimum Gasteiger partial charge on any atom is -0.345 e. The van der Waals surface area contributed by atoms with Gasteiger partial charge in [-0.2, -0.15) is 11.8 Å². The van der Waals surface area contributed by atoms with E-state index in [1.165, 1.54) is 30.0 Å². The fourth-order valence-electron chi connectivity index (χ4n) is 2.54. The molecule has 2 aromatic carbocycles. The van der Waals surface area contributed by atoms with Crippen LogP contribution in [0, 0.1) is 10.1 Å². The third kappa shape index (κ3) is 7.91. The molecule has 2 rings (SSSR count). The number of anilines is 1. The largest absolute Gasteiger partial charge is 0.345 e. The summed E-state index contributed by atoms with van der Waals surface area (Å²) < 4.78 is 0. The highest BCUT2D eigenvalue weighted by Crippen LogP contribution is 2.14. The first-order valence-electron chi connectivity index (χ1n) is 9.17. The Kier molecular flexibility index (Phi) is 9.29. The number of benzene rings is 2. The number of nitro benzene ring substituents is 1. The van der Waals surface area contributed by atoms with Crippen LogP contribution in [-0.4, -0.2) is 47.2 Å². The minimum absolute atomic E-state index is 0.0663. The fraction of sp³-hybridized carbons (Fsp3) is 0.250. The fourth-order valence-corrected chi connectivity index (χ4v) is 3.13. The van der Waals surface area contributed by atoms with Gasteiger partial charge in [0, 0.05) is 28.4 Å². The summed E-state index contributed by atoms with van der Waals surface area (Å²) in [5.41, 5.74) is 0.370. The molecule has 0 heterocycles. The summed E-state index contributed by atoms with van der Waals surface area (Å²) in [6, 6.07) is 10.8. The number of thioether (sulfide) groups is 1. The number of rotatable bonds is 10. The Balaban J connectivity index is 1.97. The molecule has 11 heteroatoms. The number of carbonyl (C=O) groups is 3. The molecular formula is C20H21ClN4O5S. The average Bonchev–Trinajstić information content (AvgIpc) is 2.76. The summed E-state index contributed by atoms with van der Waals surface area (Å²) in [4.78, 5) is 47.4. The van der Waals surface area contributed by atoms with Crippen molar-refractivity contribution in [1.82, 2.24) is 10.6 Å². The topological polar surface area (TPSA) is 130 Å². The van der Waals surface area contributed by atoms with Gasteiger partial charge in [0.25, 0.3) is 11.6 Å². The van der Waals surface area contributed by atoms with Crippen LogP contribution in [0.5, 0.6) is 0 Å². The third-order valence-electron chi connectivity index (χ3n) is 4.10. The van der Waals surface area contributed by atoms with Crippen molar-refractivity contribution in [3.8, 4) is 0 Å². The van der Waals surface area contributed by atoms with E-state index >= 15 is 0 Å². The lowest BCUT2D eigenvalue weighted by Gasteiger charge is -2.18. The van der Waals surface area contributed by atoms with Crippen molar-refractivity contribution in [3.63, 3.8) is 0 Å². The molecular weight excluding hydrogens is 444 g/mol. The van der Waals surface area contributed by atoms with Gasteiger partial charge in [-0.3, -0.25) is 24.5 Å². The number of hydrogen-bond acceptors (Lipinski definition) is 6. The van der Waals surface area contributed by atoms with Crippen molar-refractivity contribution >= 4 is 52.5 Å². The average molecular weight is 465 g/mol. The van der Waals surface area contributed by atoms with Crippen LogP contribution >= 0.6 is 23.4 Å². The van der Waals surface area contributed by atoms with Gasteiger partial charge in [-0.05, 0) is 48.8 Å². The first-order valence-corrected chi connectivity index (χ1v) is 10.9. The highest BCUT2D eigenvalue weighted by molar-refractivity contribution is 7.98. The molecule has 0 aliphatic rings. The van der Waals surface area contributed by atoms with Crippen LogP contribution < -0.4 is 16.0 Å². The molecule has 9 nitrogen and oxygen atoms in total. The normalized spacial score (nSPS) is 11.3. The first-order chi connectivity index (χ1) is 14.8. The molecule has 1 atom stereocenters. The molecule has 31 heavy (non-hydrogen) atoms. The van der Waals surface area contributed by atoms with Gasteiger partial charge in [-0.15, -0.1) is 0 Å². The number of nitrogens with zero attached hydrogens (tertiary/aromatic N) is 1. The Morgan fingerprint density at radius 2 is 1.87 bits per heavy atom. The predicted octanol–water partition coefficient (Wildman–Crippen LogP) is 2.85. The second kappa shape index (κ2) is 11.9. The zero-order valence-corrected chi connectivity index (χ0v) is 18.2. The van der Waals surface area contributed by atoms with Crippen LogP contribution in [0.15, 0.2) is 48.5 Å². The number of hydrogen-bond donors (Lipinski definition) is 3. The van der Waals surface area contributed by atoms with E-state index in [2.05, 4.69) is 16.0 Å². The molecule has 0 aliphatic carbocycles. The maximum absolute atomic E-state index is 12.6. The number of halogens is 1. The monoisotopic (exact) mass is 464 g/mol. The van der Waals surface area contributed by atoms with Crippen LogP contribution in [0.2, 0.25) is 5.02 Å². The molecule has 0 bridgehead atoms. The van der Waals surface area contributed by atoms with Gasteiger partial charge < -0.3 is 16.0 Å². The second-order valence-electron chi connectivity index (χ2n) is 6.39. The molecule has 0 fully saturated rings. The van der Waals surface area contributed by atoms with Crippen LogP contribution in [0.25, 0.3) is 0 Å². The number of nitro groups is 1. The van der Waals surface area contributed by atoms with Gasteiger partial charge in [-0.25, -0.2) is 0 Å². The number of amides is 3. The maximum atomic E-state index is 12.6. The lowest BCUT2D eigenvalue weighted by atomic mass is 10.1. The molecule has 1 unspecified atom stereocenters. The molecule has 2 aromatic rings. The summed E-state index contributed by atoms with van der Waals surface area (Å²) >= 11 is 7.29. The van der Waals surface area contributed by atoms with Gasteiger partial charge in [0.15, 0.2) is 0 Å². The minimum atomic E-state index is -0.900. The molecule has 164 valence electrons. The molecule has 0 spiro atoms. The highest BCUT2D eigenvalue weighted by Gasteiger charge is 2.22. The van der Waals surface area contributed by atoms with Crippen LogP contribution in [-0.2, 0) is 9.59 Å². The third-order valence-corrected chi connectivity index (χ3v) is 5.00. The molecule has 3 amide bonds. The zero-order valence-electron chi connectivity index (χ0n) is 16.6. The Morgan fingerprint density at radius 1 is 1.16 bits per heavy atom. The summed E-state index contributed by atoms with van der Waals surface area (Å²) in [6.07, 6.45) is 2.18. The van der Waals surface area contributed by atoms with Crippen molar-refractivity contribution < 1.29 is 19.3 Å². The Labute approximate surface area is 188 Å². The van der Waals surface area contributed by atoms with Gasteiger partial charge in [0.1, 0.15) is 6.04 Å². The number of nitrogens with one attached hydrogen (secondary N) is 3. The highest BCUT2D eigenvalue weighted by atomic mass is 35.5. The molecule has 0 aliphatic heterocycles. The molecule has 0 saturated carbocycles. The van der Waals surface area contributed by atoms with E-state index in [0.29, 0.717) is 22.9 Å². The number of carbonyl (C=O) groups excluding carboxylic acids is 3. The SMILES string of the molecule is CSCCC(NC(=O)c1cccc([N+](=O)[O-])c1)C(=O)NCC(=O)Nc1ccc(Cl)cc1. The van der Waals surface area contributed by atoms with Crippen LogP contribution in [0.3, 0.4) is 0 Å². The maximum Gasteiger partial charge on any atom is 0.270 e. The van der Waals surface area contributed by atoms with Crippen LogP contribution in [0.1, 0.15) is 16.8 Å². The predicted molar refractivity (Wildman–Crippen MR) is 120 cm³/mol. The first kappa shape index (κ1) is 24.2. The molecule has 0 aromatic heterocycles. The van der Waals surface area contributed by atoms with Crippen molar-refractivity contribution in [3.05, 3.63) is 69.2 Å². The van der Waals surface area contributed by atoms with Crippen molar-refractivity contribution in [1.29, 1.82) is 0 Å². The summed E-state index contributed by atoms with van der Waals surface area (Å²) in [7, 11) is 0. The van der Waals surface area contributed by atoms with E-state index < -0.39 is 28.7 Å². The van der Waals surface area contributed by atoms with E-state index in [0.717, 1.165) is 6.07 Å². The molecule has 3 N–H and O–H groups in total. The summed E-state index contributed by atoms with van der Waals surface area (Å²) in [5.74, 6) is -0.997. The van der Waals surface area contributed by atoms with E-state index in [-0.39, 0.29) is 17.8 Å². The van der Waals surface area contributed by atoms with Gasteiger partial charge in [0.2, 0.25) is 11.8 Å². The molecule has 0 radical (unpaired) electrons. The lowest BCUT2D eigenvalue weighted by Crippen LogP contribution is -2.48. The Hall–Kier alpha value is -3.11. The van der Waals surface area contributed by atoms with E-state index in [1.807, 2.05) is 6.26 Å². The van der Waals surface area contributed by atoms with E-state index in [1.54, 1.807) is 24.3 Å². The van der Waals surface area contributed by atoms with Gasteiger partial charge in [-0.1, -0.05) is 17.7 Å². The lowest BCUT2D eigenvalue weighted by molar-refractivity contribution is -0.384. The number of non-ortho nitro benzene ring substituents is 1. The van der Waals surface area contributed by atoms with Crippen molar-refractivity contribution in [2.24, 2.45) is 0 Å². The van der Waals surface area contributed by atoms with Gasteiger partial charge in [0.05, 0.1) is 11.5 Å².